The summed E-state index contributed by atoms with van der Waals surface area (Å²) in [5.41, 5.74) is 3.07. The molecule has 0 saturated carbocycles. The van der Waals surface area contributed by atoms with Crippen molar-refractivity contribution >= 4 is 21.6 Å². The third-order valence-corrected chi connectivity index (χ3v) is 3.65. The molecule has 2 aromatic rings. The average Bonchev–Trinajstić information content (AvgIpc) is 2.46. The van der Waals surface area contributed by atoms with Crippen LogP contribution in [0.1, 0.15) is 18.1 Å². The van der Waals surface area contributed by atoms with Crippen LogP contribution in [0.3, 0.4) is 0 Å². The first-order chi connectivity index (χ1) is 9.24. The van der Waals surface area contributed by atoms with Crippen molar-refractivity contribution in [1.82, 2.24) is 0 Å². The van der Waals surface area contributed by atoms with E-state index in [-0.39, 0.29) is 0 Å². The van der Waals surface area contributed by atoms with Crippen LogP contribution < -0.4 is 4.90 Å². The van der Waals surface area contributed by atoms with E-state index in [9.17, 15) is 0 Å². The quantitative estimate of drug-likeness (QED) is 0.839. The van der Waals surface area contributed by atoms with Crippen molar-refractivity contribution in [1.29, 1.82) is 5.26 Å². The number of anilines is 1. The number of benzene rings is 2. The maximum Gasteiger partial charge on any atom is 0.0992 e. The maximum absolute atomic E-state index is 8.90. The van der Waals surface area contributed by atoms with Gasteiger partial charge < -0.3 is 4.90 Å². The van der Waals surface area contributed by atoms with Crippen molar-refractivity contribution in [2.24, 2.45) is 0 Å². The van der Waals surface area contributed by atoms with Crippen molar-refractivity contribution in [3.8, 4) is 6.07 Å². The minimum absolute atomic E-state index is 0.673. The molecule has 0 saturated heterocycles. The fourth-order valence-corrected chi connectivity index (χ4v) is 2.63. The van der Waals surface area contributed by atoms with E-state index in [2.05, 4.69) is 58.1 Å². The zero-order valence-electron chi connectivity index (χ0n) is 10.8. The maximum atomic E-state index is 8.90. The van der Waals surface area contributed by atoms with Crippen LogP contribution in [0.4, 0.5) is 5.69 Å². The summed E-state index contributed by atoms with van der Waals surface area (Å²) in [7, 11) is 0. The lowest BCUT2D eigenvalue weighted by Crippen LogP contribution is -2.22. The number of nitriles is 1. The number of nitrogens with zero attached hydrogens (tertiary/aromatic N) is 2. The second-order valence-corrected chi connectivity index (χ2v) is 5.13. The van der Waals surface area contributed by atoms with Crippen molar-refractivity contribution in [2.75, 3.05) is 11.4 Å². The van der Waals surface area contributed by atoms with Gasteiger partial charge in [0.15, 0.2) is 0 Å². The fraction of sp³-hybridized carbons (Fsp3) is 0.188. The van der Waals surface area contributed by atoms with Gasteiger partial charge in [-0.3, -0.25) is 0 Å². The van der Waals surface area contributed by atoms with Gasteiger partial charge in [-0.15, -0.1) is 0 Å². The highest BCUT2D eigenvalue weighted by atomic mass is 79.9. The van der Waals surface area contributed by atoms with Crippen molar-refractivity contribution in [2.45, 2.75) is 13.5 Å². The van der Waals surface area contributed by atoms with Crippen molar-refractivity contribution < 1.29 is 0 Å². The number of hydrogen-bond acceptors (Lipinski definition) is 2. The van der Waals surface area contributed by atoms with Gasteiger partial charge in [0.1, 0.15) is 0 Å². The Labute approximate surface area is 122 Å². The van der Waals surface area contributed by atoms with Gasteiger partial charge in [-0.05, 0) is 46.6 Å². The molecule has 0 unspecified atom stereocenters. The average molecular weight is 315 g/mol. The Morgan fingerprint density at radius 1 is 1.16 bits per heavy atom. The van der Waals surface area contributed by atoms with Gasteiger partial charge >= 0.3 is 0 Å². The molecule has 2 nitrogen and oxygen atoms in total. The molecule has 3 heteroatoms. The highest BCUT2D eigenvalue weighted by molar-refractivity contribution is 9.10. The summed E-state index contributed by atoms with van der Waals surface area (Å²) in [5.74, 6) is 0. The van der Waals surface area contributed by atoms with Gasteiger partial charge in [0.05, 0.1) is 17.3 Å². The Kier molecular flexibility index (Phi) is 4.59. The second-order valence-electron chi connectivity index (χ2n) is 4.28. The lowest BCUT2D eigenvalue weighted by molar-refractivity contribution is 0.829. The predicted molar refractivity (Wildman–Crippen MR) is 82.0 cm³/mol. The Morgan fingerprint density at radius 2 is 1.89 bits per heavy atom. The lowest BCUT2D eigenvalue weighted by atomic mass is 10.1. The molecule has 0 amide bonds. The molecule has 0 fully saturated rings. The van der Waals surface area contributed by atoms with Crippen LogP contribution in [0, 0.1) is 11.3 Å². The molecule has 0 aromatic heterocycles. The van der Waals surface area contributed by atoms with Gasteiger partial charge in [-0.2, -0.15) is 5.26 Å². The number of halogens is 1. The monoisotopic (exact) mass is 314 g/mol. The Hall–Kier alpha value is -1.79. The topological polar surface area (TPSA) is 27.0 Å². The molecule has 0 spiro atoms. The van der Waals surface area contributed by atoms with E-state index in [1.54, 1.807) is 0 Å². The zero-order chi connectivity index (χ0) is 13.7. The molecule has 0 N–H and O–H groups in total. The minimum atomic E-state index is 0.673. The zero-order valence-corrected chi connectivity index (χ0v) is 12.4. The molecular formula is C16H15BrN2. The van der Waals surface area contributed by atoms with Gasteiger partial charge in [-0.25, -0.2) is 0 Å². The highest BCUT2D eigenvalue weighted by Gasteiger charge is 2.09. The number of rotatable bonds is 4. The molecule has 2 aromatic carbocycles. The van der Waals surface area contributed by atoms with Crippen LogP contribution >= 0.6 is 15.9 Å². The molecular weight excluding hydrogens is 300 g/mol. The molecule has 2 rings (SSSR count). The number of hydrogen-bond donors (Lipinski definition) is 0. The van der Waals surface area contributed by atoms with Gasteiger partial charge in [0.2, 0.25) is 0 Å². The molecule has 0 aliphatic rings. The first-order valence-electron chi connectivity index (χ1n) is 6.23. The largest absolute Gasteiger partial charge is 0.367 e. The van der Waals surface area contributed by atoms with E-state index in [0.29, 0.717) is 5.56 Å². The van der Waals surface area contributed by atoms with Crippen LogP contribution in [0.5, 0.6) is 0 Å². The van der Waals surface area contributed by atoms with E-state index in [1.807, 2.05) is 24.3 Å². The van der Waals surface area contributed by atoms with Crippen LogP contribution in [-0.4, -0.2) is 6.54 Å². The van der Waals surface area contributed by atoms with Crippen molar-refractivity contribution in [3.63, 3.8) is 0 Å². The smallest absolute Gasteiger partial charge is 0.0992 e. The summed E-state index contributed by atoms with van der Waals surface area (Å²) < 4.78 is 0.962. The summed E-state index contributed by atoms with van der Waals surface area (Å²) in [6, 6.07) is 18.2. The highest BCUT2D eigenvalue weighted by Crippen LogP contribution is 2.28. The third-order valence-electron chi connectivity index (χ3n) is 3.02. The van der Waals surface area contributed by atoms with Crippen LogP contribution in [-0.2, 0) is 6.54 Å². The normalized spacial score (nSPS) is 9.95. The van der Waals surface area contributed by atoms with E-state index in [4.69, 9.17) is 5.26 Å². The third kappa shape index (κ3) is 3.36. The summed E-state index contributed by atoms with van der Waals surface area (Å²) in [6.07, 6.45) is 0. The Morgan fingerprint density at radius 3 is 2.47 bits per heavy atom. The van der Waals surface area contributed by atoms with Crippen LogP contribution in [0.2, 0.25) is 0 Å². The van der Waals surface area contributed by atoms with E-state index in [1.165, 1.54) is 5.56 Å². The Balaban J connectivity index is 2.25. The van der Waals surface area contributed by atoms with Gasteiger partial charge in [-0.1, -0.05) is 30.3 Å². The second kappa shape index (κ2) is 6.40. The molecule has 96 valence electrons. The summed E-state index contributed by atoms with van der Waals surface area (Å²) >= 11 is 3.55. The standard InChI is InChI=1S/C16H15BrN2/c1-2-19(12-13-6-4-3-5-7-13)16-9-8-14(11-18)10-15(16)17/h3-10H,2,12H2,1H3. The van der Waals surface area contributed by atoms with E-state index in [0.717, 1.165) is 23.2 Å². The first kappa shape index (κ1) is 13.6. The SMILES string of the molecule is CCN(Cc1ccccc1)c1ccc(C#N)cc1Br. The molecule has 0 aliphatic carbocycles. The molecule has 0 aliphatic heterocycles. The van der Waals surface area contributed by atoms with Crippen molar-refractivity contribution in [3.05, 3.63) is 64.1 Å². The van der Waals surface area contributed by atoms with Crippen LogP contribution in [0.15, 0.2) is 53.0 Å². The predicted octanol–water partition coefficient (Wildman–Crippen LogP) is 4.35. The Bertz CT molecular complexity index is 587. The molecule has 19 heavy (non-hydrogen) atoms. The summed E-state index contributed by atoms with van der Waals surface area (Å²) in [4.78, 5) is 2.28. The van der Waals surface area contributed by atoms with Crippen LogP contribution in [0.25, 0.3) is 0 Å². The van der Waals surface area contributed by atoms with E-state index >= 15 is 0 Å². The van der Waals surface area contributed by atoms with E-state index < -0.39 is 0 Å². The summed E-state index contributed by atoms with van der Waals surface area (Å²) in [5, 5.41) is 8.90. The van der Waals surface area contributed by atoms with Gasteiger partial charge in [0, 0.05) is 17.6 Å². The summed E-state index contributed by atoms with van der Waals surface area (Å²) in [6.45, 7) is 3.91. The first-order valence-corrected chi connectivity index (χ1v) is 7.02. The lowest BCUT2D eigenvalue weighted by Gasteiger charge is -2.24. The van der Waals surface area contributed by atoms with Gasteiger partial charge in [0.25, 0.3) is 0 Å². The molecule has 0 bridgehead atoms. The fourth-order valence-electron chi connectivity index (χ4n) is 2.00. The molecule has 0 radical (unpaired) electrons. The molecule has 0 atom stereocenters. The minimum Gasteiger partial charge on any atom is -0.367 e. The molecule has 0 heterocycles.